The van der Waals surface area contributed by atoms with E-state index in [1.807, 2.05) is 24.3 Å². The highest BCUT2D eigenvalue weighted by molar-refractivity contribution is 5.94. The first-order chi connectivity index (χ1) is 14.6. The molecular formula is C23H24FN3O3. The first kappa shape index (κ1) is 20.1. The third-order valence-electron chi connectivity index (χ3n) is 5.70. The summed E-state index contributed by atoms with van der Waals surface area (Å²) in [4.78, 5) is 12.9. The van der Waals surface area contributed by atoms with Crippen molar-refractivity contribution in [3.05, 3.63) is 77.9 Å². The van der Waals surface area contributed by atoms with Crippen LogP contribution in [-0.2, 0) is 10.2 Å². The van der Waals surface area contributed by atoms with Crippen LogP contribution in [0, 0.1) is 5.82 Å². The molecule has 1 amide bonds. The van der Waals surface area contributed by atoms with E-state index in [1.165, 1.54) is 22.9 Å². The Hall–Kier alpha value is -3.19. The van der Waals surface area contributed by atoms with Crippen LogP contribution in [0.1, 0.15) is 28.8 Å². The van der Waals surface area contributed by atoms with Gasteiger partial charge in [0.25, 0.3) is 5.91 Å². The van der Waals surface area contributed by atoms with Gasteiger partial charge < -0.3 is 14.8 Å². The van der Waals surface area contributed by atoms with Crippen LogP contribution < -0.4 is 10.1 Å². The molecule has 3 aromatic rings. The highest BCUT2D eigenvalue weighted by Crippen LogP contribution is 2.35. The Morgan fingerprint density at radius 1 is 1.23 bits per heavy atom. The zero-order chi connectivity index (χ0) is 21.0. The Morgan fingerprint density at radius 3 is 2.67 bits per heavy atom. The lowest BCUT2D eigenvalue weighted by Crippen LogP contribution is -2.44. The molecule has 1 aromatic heterocycles. The first-order valence-electron chi connectivity index (χ1n) is 9.91. The predicted molar refractivity (Wildman–Crippen MR) is 111 cm³/mol. The summed E-state index contributed by atoms with van der Waals surface area (Å²) in [6.45, 7) is 1.75. The maximum Gasteiger partial charge on any atom is 0.251 e. The van der Waals surface area contributed by atoms with Crippen molar-refractivity contribution in [1.82, 2.24) is 15.1 Å². The third kappa shape index (κ3) is 4.07. The van der Waals surface area contributed by atoms with Gasteiger partial charge in [0.2, 0.25) is 0 Å². The SMILES string of the molecule is COc1ccc(C2(CNC(=O)c3ccc(F)c(-n4cccn4)c3)CCOCC2)cc1. The van der Waals surface area contributed by atoms with Gasteiger partial charge in [-0.1, -0.05) is 12.1 Å². The number of benzene rings is 2. The van der Waals surface area contributed by atoms with E-state index < -0.39 is 5.82 Å². The number of amides is 1. The van der Waals surface area contributed by atoms with Gasteiger partial charge in [0.1, 0.15) is 17.3 Å². The monoisotopic (exact) mass is 409 g/mol. The number of rotatable bonds is 6. The lowest BCUT2D eigenvalue weighted by atomic mass is 9.74. The van der Waals surface area contributed by atoms with Crippen molar-refractivity contribution >= 4 is 5.91 Å². The molecule has 0 radical (unpaired) electrons. The summed E-state index contributed by atoms with van der Waals surface area (Å²) in [7, 11) is 1.64. The number of hydrogen-bond acceptors (Lipinski definition) is 4. The maximum absolute atomic E-state index is 14.2. The average molecular weight is 409 g/mol. The second-order valence-corrected chi connectivity index (χ2v) is 7.42. The first-order valence-corrected chi connectivity index (χ1v) is 9.91. The molecule has 0 unspecified atom stereocenters. The zero-order valence-electron chi connectivity index (χ0n) is 16.8. The molecule has 30 heavy (non-hydrogen) atoms. The second kappa shape index (κ2) is 8.67. The van der Waals surface area contributed by atoms with Crippen LogP contribution in [0.3, 0.4) is 0 Å². The molecule has 1 saturated heterocycles. The molecule has 6 nitrogen and oxygen atoms in total. The minimum absolute atomic E-state index is 0.217. The van der Waals surface area contributed by atoms with Crippen molar-refractivity contribution in [2.24, 2.45) is 0 Å². The fourth-order valence-corrected chi connectivity index (χ4v) is 3.87. The van der Waals surface area contributed by atoms with Crippen LogP contribution in [0.2, 0.25) is 0 Å². The molecule has 1 N–H and O–H groups in total. The number of carbonyl (C=O) groups excluding carboxylic acids is 1. The Balaban J connectivity index is 1.54. The summed E-state index contributed by atoms with van der Waals surface area (Å²) < 4.78 is 26.4. The average Bonchev–Trinajstić information content (AvgIpc) is 3.33. The summed E-state index contributed by atoms with van der Waals surface area (Å²) in [5, 5.41) is 7.10. The van der Waals surface area contributed by atoms with Gasteiger partial charge in [-0.3, -0.25) is 4.79 Å². The molecule has 1 aliphatic rings. The molecule has 2 heterocycles. The van der Waals surface area contributed by atoms with E-state index in [-0.39, 0.29) is 17.0 Å². The summed E-state index contributed by atoms with van der Waals surface area (Å²) in [6.07, 6.45) is 4.82. The molecule has 7 heteroatoms. The van der Waals surface area contributed by atoms with Gasteiger partial charge in [0.05, 0.1) is 7.11 Å². The topological polar surface area (TPSA) is 65.4 Å². The van der Waals surface area contributed by atoms with Crippen molar-refractivity contribution in [2.75, 3.05) is 26.9 Å². The van der Waals surface area contributed by atoms with Gasteiger partial charge in [-0.25, -0.2) is 9.07 Å². The van der Waals surface area contributed by atoms with E-state index in [9.17, 15) is 9.18 Å². The highest BCUT2D eigenvalue weighted by Gasteiger charge is 2.35. The summed E-state index contributed by atoms with van der Waals surface area (Å²) in [5.41, 5.74) is 1.55. The third-order valence-corrected chi connectivity index (χ3v) is 5.70. The smallest absolute Gasteiger partial charge is 0.251 e. The summed E-state index contributed by atoms with van der Waals surface area (Å²) in [5.74, 6) is 0.111. The Kier molecular flexibility index (Phi) is 5.81. The molecule has 0 saturated carbocycles. The van der Waals surface area contributed by atoms with Gasteiger partial charge in [-0.05, 0) is 54.8 Å². The summed E-state index contributed by atoms with van der Waals surface area (Å²) in [6, 6.07) is 14.0. The minimum Gasteiger partial charge on any atom is -0.497 e. The fourth-order valence-electron chi connectivity index (χ4n) is 3.87. The molecule has 156 valence electrons. The number of methoxy groups -OCH3 is 1. The molecule has 0 aliphatic carbocycles. The van der Waals surface area contributed by atoms with Gasteiger partial charge in [0, 0.05) is 43.1 Å². The van der Waals surface area contributed by atoms with E-state index in [2.05, 4.69) is 10.4 Å². The highest BCUT2D eigenvalue weighted by atomic mass is 19.1. The molecule has 1 fully saturated rings. The number of carbonyl (C=O) groups is 1. The predicted octanol–water partition coefficient (Wildman–Crippen LogP) is 3.50. The lowest BCUT2D eigenvalue weighted by molar-refractivity contribution is 0.0487. The van der Waals surface area contributed by atoms with Crippen LogP contribution in [0.15, 0.2) is 60.9 Å². The normalized spacial score (nSPS) is 15.5. The Bertz CT molecular complexity index is 997. The Labute approximate surface area is 174 Å². The Morgan fingerprint density at radius 2 is 2.00 bits per heavy atom. The molecule has 2 aromatic carbocycles. The molecule has 0 bridgehead atoms. The fraction of sp³-hybridized carbons (Fsp3) is 0.304. The van der Waals surface area contributed by atoms with E-state index in [4.69, 9.17) is 9.47 Å². The van der Waals surface area contributed by atoms with Gasteiger partial charge in [-0.2, -0.15) is 5.10 Å². The number of nitrogens with one attached hydrogen (secondary N) is 1. The van der Waals surface area contributed by atoms with Crippen LogP contribution >= 0.6 is 0 Å². The molecule has 0 atom stereocenters. The minimum atomic E-state index is -0.436. The molecule has 1 aliphatic heterocycles. The van der Waals surface area contributed by atoms with E-state index in [1.54, 1.807) is 25.6 Å². The molecule has 0 spiro atoms. The van der Waals surface area contributed by atoms with E-state index in [0.29, 0.717) is 25.3 Å². The molecular weight excluding hydrogens is 385 g/mol. The number of aromatic nitrogens is 2. The molecule has 4 rings (SSSR count). The largest absolute Gasteiger partial charge is 0.497 e. The zero-order valence-corrected chi connectivity index (χ0v) is 16.8. The van der Waals surface area contributed by atoms with Gasteiger partial charge >= 0.3 is 0 Å². The van der Waals surface area contributed by atoms with Crippen molar-refractivity contribution in [1.29, 1.82) is 0 Å². The van der Waals surface area contributed by atoms with Crippen LogP contribution in [-0.4, -0.2) is 42.6 Å². The number of hydrogen-bond donors (Lipinski definition) is 1. The van der Waals surface area contributed by atoms with E-state index >= 15 is 0 Å². The van der Waals surface area contributed by atoms with Gasteiger partial charge in [0.15, 0.2) is 0 Å². The van der Waals surface area contributed by atoms with Crippen LogP contribution in [0.5, 0.6) is 5.75 Å². The lowest BCUT2D eigenvalue weighted by Gasteiger charge is -2.38. The van der Waals surface area contributed by atoms with E-state index in [0.717, 1.165) is 24.2 Å². The standard InChI is InChI=1S/C23H24FN3O3/c1-29-19-6-4-18(5-7-19)23(9-13-30-14-10-23)16-25-22(28)17-3-8-20(24)21(15-17)27-12-2-11-26-27/h2-8,11-12,15H,9-10,13-14,16H2,1H3,(H,25,28). The maximum atomic E-state index is 14.2. The van der Waals surface area contributed by atoms with Gasteiger partial charge in [-0.15, -0.1) is 0 Å². The second-order valence-electron chi connectivity index (χ2n) is 7.42. The van der Waals surface area contributed by atoms with Crippen molar-refractivity contribution in [3.8, 4) is 11.4 Å². The summed E-state index contributed by atoms with van der Waals surface area (Å²) >= 11 is 0. The number of nitrogens with zero attached hydrogens (tertiary/aromatic N) is 2. The van der Waals surface area contributed by atoms with Crippen molar-refractivity contribution in [3.63, 3.8) is 0 Å². The van der Waals surface area contributed by atoms with Crippen molar-refractivity contribution in [2.45, 2.75) is 18.3 Å². The number of halogens is 1. The van der Waals surface area contributed by atoms with Crippen LogP contribution in [0.25, 0.3) is 5.69 Å². The van der Waals surface area contributed by atoms with Crippen LogP contribution in [0.4, 0.5) is 4.39 Å². The quantitative estimate of drug-likeness (QED) is 0.677. The number of ether oxygens (including phenoxy) is 2. The van der Waals surface area contributed by atoms with Crippen molar-refractivity contribution < 1.29 is 18.7 Å².